The maximum absolute atomic E-state index is 5.60. The van der Waals surface area contributed by atoms with Crippen LogP contribution in [0.15, 0.2) is 23.2 Å². The maximum atomic E-state index is 5.60. The van der Waals surface area contributed by atoms with E-state index < -0.39 is 0 Å². The highest BCUT2D eigenvalue weighted by Crippen LogP contribution is 2.26. The number of hydrogen-bond donors (Lipinski definition) is 2. The Bertz CT molecular complexity index is 374. The molecule has 2 rings (SSSR count). The Morgan fingerprint density at radius 2 is 2.36 bits per heavy atom. The number of benzene rings is 1. The quantitative estimate of drug-likeness (QED) is 0.441. The average Bonchev–Trinajstić information content (AvgIpc) is 2.66. The topological polar surface area (TPSA) is 50.4 Å². The third kappa shape index (κ3) is 1.74. The molecule has 1 aromatic rings. The summed E-state index contributed by atoms with van der Waals surface area (Å²) in [5, 5.41) is 3.28. The van der Waals surface area contributed by atoms with Crippen LogP contribution in [0.2, 0.25) is 0 Å². The van der Waals surface area contributed by atoms with Gasteiger partial charge in [-0.15, -0.1) is 11.6 Å². The minimum Gasteiger partial charge on any atom is -0.386 e. The van der Waals surface area contributed by atoms with Crippen LogP contribution in [0.1, 0.15) is 11.1 Å². The zero-order valence-corrected chi connectivity index (χ0v) is 8.51. The van der Waals surface area contributed by atoms with Gasteiger partial charge in [-0.2, -0.15) is 0 Å². The molecule has 0 saturated carbocycles. The van der Waals surface area contributed by atoms with Crippen LogP contribution >= 0.6 is 11.6 Å². The van der Waals surface area contributed by atoms with Gasteiger partial charge in [0.1, 0.15) is 5.84 Å². The summed E-state index contributed by atoms with van der Waals surface area (Å²) >= 11 is 5.58. The van der Waals surface area contributed by atoms with Gasteiger partial charge in [0.2, 0.25) is 0 Å². The lowest BCUT2D eigenvalue weighted by Gasteiger charge is -2.03. The number of nitrogens with zero attached hydrogens (tertiary/aromatic N) is 1. The van der Waals surface area contributed by atoms with Crippen molar-refractivity contribution in [1.29, 1.82) is 0 Å². The second-order valence-corrected chi connectivity index (χ2v) is 3.52. The smallest absolute Gasteiger partial charge is 0.115 e. The van der Waals surface area contributed by atoms with Gasteiger partial charge in [0.15, 0.2) is 0 Å². The summed E-state index contributed by atoms with van der Waals surface area (Å²) in [5.41, 5.74) is 9.07. The third-order valence-electron chi connectivity index (χ3n) is 2.27. The Morgan fingerprint density at radius 1 is 1.50 bits per heavy atom. The van der Waals surface area contributed by atoms with E-state index in [2.05, 4.69) is 16.4 Å². The third-order valence-corrected chi connectivity index (χ3v) is 2.54. The largest absolute Gasteiger partial charge is 0.386 e. The molecule has 0 unspecified atom stereocenters. The Labute approximate surface area is 88.0 Å². The van der Waals surface area contributed by atoms with E-state index >= 15 is 0 Å². The van der Waals surface area contributed by atoms with Crippen molar-refractivity contribution in [2.75, 3.05) is 5.88 Å². The van der Waals surface area contributed by atoms with E-state index in [1.165, 1.54) is 11.1 Å². The Kier molecular flexibility index (Phi) is 2.70. The van der Waals surface area contributed by atoms with Crippen LogP contribution in [0.3, 0.4) is 0 Å². The number of aliphatic imine (C=N–C) groups is 1. The van der Waals surface area contributed by atoms with Crippen LogP contribution in [-0.4, -0.2) is 11.7 Å². The van der Waals surface area contributed by atoms with E-state index in [4.69, 9.17) is 17.3 Å². The lowest BCUT2D eigenvalue weighted by Crippen LogP contribution is -2.12. The first-order valence-electron chi connectivity index (χ1n) is 4.51. The van der Waals surface area contributed by atoms with Gasteiger partial charge in [0.25, 0.3) is 0 Å². The standard InChI is InChI=1S/C10H12ClN3/c11-4-10(12)14-9-3-1-2-7-5-13-6-8(7)9/h1-3,13H,4-6H2,(H2,12,14). The number of hydrogen-bond acceptors (Lipinski definition) is 2. The number of nitrogens with one attached hydrogen (secondary N) is 1. The Balaban J connectivity index is 2.40. The van der Waals surface area contributed by atoms with Gasteiger partial charge in [-0.1, -0.05) is 12.1 Å². The molecule has 0 bridgehead atoms. The maximum Gasteiger partial charge on any atom is 0.115 e. The fraction of sp³-hybridized carbons (Fsp3) is 0.300. The monoisotopic (exact) mass is 209 g/mol. The number of rotatable bonds is 2. The van der Waals surface area contributed by atoms with Gasteiger partial charge in [-0.25, -0.2) is 4.99 Å². The number of nitrogens with two attached hydrogens (primary N) is 1. The van der Waals surface area contributed by atoms with Gasteiger partial charge in [0.05, 0.1) is 11.6 Å². The highest BCUT2D eigenvalue weighted by molar-refractivity contribution is 6.28. The van der Waals surface area contributed by atoms with E-state index in [0.717, 1.165) is 18.8 Å². The van der Waals surface area contributed by atoms with Crippen LogP contribution in [0.25, 0.3) is 0 Å². The molecule has 0 aliphatic carbocycles. The molecule has 1 aromatic carbocycles. The first kappa shape index (κ1) is 9.49. The average molecular weight is 210 g/mol. The summed E-state index contributed by atoms with van der Waals surface area (Å²) in [4.78, 5) is 4.27. The second-order valence-electron chi connectivity index (χ2n) is 3.26. The molecule has 3 N–H and O–H groups in total. The lowest BCUT2D eigenvalue weighted by atomic mass is 10.1. The first-order valence-corrected chi connectivity index (χ1v) is 5.05. The predicted octanol–water partition coefficient (Wildman–Crippen LogP) is 1.52. The van der Waals surface area contributed by atoms with Gasteiger partial charge >= 0.3 is 0 Å². The zero-order valence-electron chi connectivity index (χ0n) is 7.76. The normalized spacial score (nSPS) is 15.6. The molecule has 0 atom stereocenters. The van der Waals surface area contributed by atoms with Gasteiger partial charge < -0.3 is 11.1 Å². The Hall–Kier alpha value is -1.06. The van der Waals surface area contributed by atoms with Gasteiger partial charge in [0, 0.05) is 13.1 Å². The molecule has 4 heteroatoms. The molecule has 1 heterocycles. The summed E-state index contributed by atoms with van der Waals surface area (Å²) < 4.78 is 0. The van der Waals surface area contributed by atoms with E-state index in [1.807, 2.05) is 12.1 Å². The van der Waals surface area contributed by atoms with Crippen molar-refractivity contribution in [1.82, 2.24) is 5.32 Å². The number of amidine groups is 1. The number of fused-ring (bicyclic) bond motifs is 1. The van der Waals surface area contributed by atoms with Crippen molar-refractivity contribution in [3.63, 3.8) is 0 Å². The van der Waals surface area contributed by atoms with Gasteiger partial charge in [-0.3, -0.25) is 0 Å². The molecule has 0 saturated heterocycles. The molecule has 1 aliphatic rings. The van der Waals surface area contributed by atoms with Crippen molar-refractivity contribution < 1.29 is 0 Å². The minimum absolute atomic E-state index is 0.275. The molecule has 1 aliphatic heterocycles. The van der Waals surface area contributed by atoms with Crippen molar-refractivity contribution in [2.24, 2.45) is 10.7 Å². The van der Waals surface area contributed by atoms with E-state index in [0.29, 0.717) is 5.84 Å². The molecule has 0 spiro atoms. The van der Waals surface area contributed by atoms with Crippen LogP contribution in [0.5, 0.6) is 0 Å². The Morgan fingerprint density at radius 3 is 3.14 bits per heavy atom. The van der Waals surface area contributed by atoms with Crippen LogP contribution in [0.4, 0.5) is 5.69 Å². The highest BCUT2D eigenvalue weighted by Gasteiger charge is 2.13. The minimum atomic E-state index is 0.275. The van der Waals surface area contributed by atoms with Crippen LogP contribution in [-0.2, 0) is 13.1 Å². The zero-order chi connectivity index (χ0) is 9.97. The highest BCUT2D eigenvalue weighted by atomic mass is 35.5. The summed E-state index contributed by atoms with van der Waals surface area (Å²) in [6, 6.07) is 6.06. The predicted molar refractivity (Wildman–Crippen MR) is 59.0 cm³/mol. The fourth-order valence-electron chi connectivity index (χ4n) is 1.60. The molecule has 3 nitrogen and oxygen atoms in total. The first-order chi connectivity index (χ1) is 6.81. The van der Waals surface area contributed by atoms with E-state index in [1.54, 1.807) is 0 Å². The fourth-order valence-corrected chi connectivity index (χ4v) is 1.66. The van der Waals surface area contributed by atoms with Crippen LogP contribution in [0, 0.1) is 0 Å². The molecule has 0 fully saturated rings. The summed E-state index contributed by atoms with van der Waals surface area (Å²) in [7, 11) is 0. The van der Waals surface area contributed by atoms with Crippen molar-refractivity contribution >= 4 is 23.1 Å². The van der Waals surface area contributed by atoms with Crippen LogP contribution < -0.4 is 11.1 Å². The summed E-state index contributed by atoms with van der Waals surface area (Å²) in [6.07, 6.45) is 0. The molecular formula is C10H12ClN3. The number of alkyl halides is 1. The van der Waals surface area contributed by atoms with E-state index in [-0.39, 0.29) is 5.88 Å². The van der Waals surface area contributed by atoms with Crippen molar-refractivity contribution in [3.05, 3.63) is 29.3 Å². The molecule has 74 valence electrons. The molecule has 14 heavy (non-hydrogen) atoms. The SMILES string of the molecule is NC(CCl)=Nc1cccc2c1CNC2. The molecule has 0 amide bonds. The van der Waals surface area contributed by atoms with Crippen molar-refractivity contribution in [2.45, 2.75) is 13.1 Å². The van der Waals surface area contributed by atoms with Crippen molar-refractivity contribution in [3.8, 4) is 0 Å². The molecule has 0 aromatic heterocycles. The van der Waals surface area contributed by atoms with Gasteiger partial charge in [-0.05, 0) is 17.2 Å². The summed E-state index contributed by atoms with van der Waals surface area (Å²) in [6.45, 7) is 1.78. The second kappa shape index (κ2) is 3.98. The molecular weight excluding hydrogens is 198 g/mol. The summed E-state index contributed by atoms with van der Waals surface area (Å²) in [5.74, 6) is 0.740. The number of halogens is 1. The van der Waals surface area contributed by atoms with E-state index in [9.17, 15) is 0 Å². The lowest BCUT2D eigenvalue weighted by molar-refractivity contribution is 0.765. The molecule has 0 radical (unpaired) electrons.